The summed E-state index contributed by atoms with van der Waals surface area (Å²) in [5.74, 6) is -1.77. The molecule has 3 rings (SSSR count). The highest BCUT2D eigenvalue weighted by Crippen LogP contribution is 2.19. The van der Waals surface area contributed by atoms with Crippen molar-refractivity contribution in [1.82, 2.24) is 9.62 Å². The number of benzene rings is 2. The molecule has 2 aromatic carbocycles. The van der Waals surface area contributed by atoms with Gasteiger partial charge in [-0.15, -0.1) is 0 Å². The van der Waals surface area contributed by atoms with Gasteiger partial charge in [-0.25, -0.2) is 21.9 Å². The van der Waals surface area contributed by atoms with Crippen LogP contribution < -0.4 is 9.62 Å². The highest BCUT2D eigenvalue weighted by atomic mass is 35.5. The van der Waals surface area contributed by atoms with Gasteiger partial charge in [0.2, 0.25) is 10.0 Å². The summed E-state index contributed by atoms with van der Waals surface area (Å²) < 4.78 is 53.5. The second-order valence-corrected chi connectivity index (χ2v) is 8.45. The lowest BCUT2D eigenvalue weighted by Gasteiger charge is -2.36. The minimum absolute atomic E-state index is 0.124. The fourth-order valence-electron chi connectivity index (χ4n) is 2.98. The Morgan fingerprint density at radius 3 is 2.33 bits per heavy atom. The fourth-order valence-corrected chi connectivity index (χ4v) is 4.21. The number of halogens is 3. The maximum absolute atomic E-state index is 13.7. The molecule has 1 aliphatic heterocycles. The lowest BCUT2D eigenvalue weighted by Crippen LogP contribution is -2.48. The molecular weight excluding hydrogens is 396 g/mol. The molecule has 0 amide bonds. The summed E-state index contributed by atoms with van der Waals surface area (Å²) >= 11 is 5.90. The maximum Gasteiger partial charge on any atom is 0.243 e. The van der Waals surface area contributed by atoms with Crippen LogP contribution in [0.3, 0.4) is 0 Å². The van der Waals surface area contributed by atoms with E-state index in [4.69, 9.17) is 11.6 Å². The number of piperazine rings is 1. The molecule has 2 aromatic rings. The van der Waals surface area contributed by atoms with Crippen molar-refractivity contribution in [3.63, 3.8) is 0 Å². The van der Waals surface area contributed by atoms with Crippen molar-refractivity contribution in [2.45, 2.75) is 4.90 Å². The SMILES string of the molecule is O=S(=O)(NCCN1CCN(c2ccc(Cl)cc2)CC1)c1cc(F)ccc1F. The Bertz CT molecular complexity index is 886. The topological polar surface area (TPSA) is 52.7 Å². The second-order valence-electron chi connectivity index (χ2n) is 6.28. The van der Waals surface area contributed by atoms with Crippen LogP contribution in [-0.2, 0) is 10.0 Å². The molecule has 1 N–H and O–H groups in total. The van der Waals surface area contributed by atoms with E-state index in [2.05, 4.69) is 14.5 Å². The van der Waals surface area contributed by atoms with Crippen molar-refractivity contribution < 1.29 is 17.2 Å². The Labute approximate surface area is 162 Å². The summed E-state index contributed by atoms with van der Waals surface area (Å²) in [6.07, 6.45) is 0. The molecule has 0 aromatic heterocycles. The Hall–Kier alpha value is -1.74. The third kappa shape index (κ3) is 5.16. The Kier molecular flexibility index (Phi) is 6.31. The van der Waals surface area contributed by atoms with E-state index in [1.807, 2.05) is 24.3 Å². The van der Waals surface area contributed by atoms with Crippen molar-refractivity contribution in [2.24, 2.45) is 0 Å². The average molecular weight is 416 g/mol. The fraction of sp³-hybridized carbons (Fsp3) is 0.333. The van der Waals surface area contributed by atoms with Crippen molar-refractivity contribution in [3.05, 3.63) is 59.1 Å². The van der Waals surface area contributed by atoms with Gasteiger partial charge in [-0.1, -0.05) is 11.6 Å². The molecule has 1 fully saturated rings. The van der Waals surface area contributed by atoms with Crippen molar-refractivity contribution >= 4 is 27.3 Å². The van der Waals surface area contributed by atoms with Crippen LogP contribution in [0.5, 0.6) is 0 Å². The van der Waals surface area contributed by atoms with Crippen LogP contribution in [0.25, 0.3) is 0 Å². The van der Waals surface area contributed by atoms with Gasteiger partial charge in [-0.2, -0.15) is 0 Å². The Balaban J connectivity index is 1.49. The minimum atomic E-state index is -4.09. The van der Waals surface area contributed by atoms with Crippen molar-refractivity contribution in [2.75, 3.05) is 44.2 Å². The quantitative estimate of drug-likeness (QED) is 0.788. The molecule has 0 spiro atoms. The second kappa shape index (κ2) is 8.52. The molecular formula is C18H20ClF2N3O2S. The van der Waals surface area contributed by atoms with E-state index >= 15 is 0 Å². The van der Waals surface area contributed by atoms with Gasteiger partial charge in [0.05, 0.1) is 0 Å². The van der Waals surface area contributed by atoms with Crippen LogP contribution in [0.4, 0.5) is 14.5 Å². The number of hydrogen-bond donors (Lipinski definition) is 1. The smallest absolute Gasteiger partial charge is 0.243 e. The van der Waals surface area contributed by atoms with Crippen molar-refractivity contribution in [1.29, 1.82) is 0 Å². The molecule has 1 heterocycles. The number of sulfonamides is 1. The summed E-state index contributed by atoms with van der Waals surface area (Å²) in [5.41, 5.74) is 1.10. The first-order valence-electron chi connectivity index (χ1n) is 8.53. The van der Waals surface area contributed by atoms with Gasteiger partial charge >= 0.3 is 0 Å². The summed E-state index contributed by atoms with van der Waals surface area (Å²) in [4.78, 5) is 3.69. The van der Waals surface area contributed by atoms with Crippen LogP contribution in [0.2, 0.25) is 5.02 Å². The summed E-state index contributed by atoms with van der Waals surface area (Å²) in [7, 11) is -4.09. The summed E-state index contributed by atoms with van der Waals surface area (Å²) in [6, 6.07) is 10.0. The van der Waals surface area contributed by atoms with Gasteiger partial charge in [0.25, 0.3) is 0 Å². The third-order valence-electron chi connectivity index (χ3n) is 4.47. The number of anilines is 1. The molecule has 0 unspecified atom stereocenters. The molecule has 0 aliphatic carbocycles. The molecule has 1 saturated heterocycles. The molecule has 0 bridgehead atoms. The van der Waals surface area contributed by atoms with Crippen LogP contribution in [0.1, 0.15) is 0 Å². The highest BCUT2D eigenvalue weighted by molar-refractivity contribution is 7.89. The van der Waals surface area contributed by atoms with E-state index in [1.165, 1.54) is 0 Å². The summed E-state index contributed by atoms with van der Waals surface area (Å²) in [6.45, 7) is 3.79. The lowest BCUT2D eigenvalue weighted by molar-refractivity contribution is 0.262. The monoisotopic (exact) mass is 415 g/mol. The van der Waals surface area contributed by atoms with E-state index in [-0.39, 0.29) is 6.54 Å². The first-order valence-corrected chi connectivity index (χ1v) is 10.4. The van der Waals surface area contributed by atoms with Crippen LogP contribution >= 0.6 is 11.6 Å². The lowest BCUT2D eigenvalue weighted by atomic mass is 10.2. The van der Waals surface area contributed by atoms with Gasteiger partial charge in [-0.3, -0.25) is 4.90 Å². The summed E-state index contributed by atoms with van der Waals surface area (Å²) in [5, 5.41) is 0.694. The first kappa shape index (κ1) is 20.0. The molecule has 146 valence electrons. The predicted octanol–water partition coefficient (Wildman–Crippen LogP) is 2.72. The molecule has 0 saturated carbocycles. The van der Waals surface area contributed by atoms with Crippen LogP contribution in [-0.4, -0.2) is 52.6 Å². The third-order valence-corrected chi connectivity index (χ3v) is 6.19. The van der Waals surface area contributed by atoms with Gasteiger partial charge in [0.15, 0.2) is 0 Å². The molecule has 0 atom stereocenters. The minimum Gasteiger partial charge on any atom is -0.369 e. The largest absolute Gasteiger partial charge is 0.369 e. The predicted molar refractivity (Wildman–Crippen MR) is 102 cm³/mol. The van der Waals surface area contributed by atoms with Gasteiger partial charge in [0.1, 0.15) is 16.5 Å². The highest BCUT2D eigenvalue weighted by Gasteiger charge is 2.21. The number of hydrogen-bond acceptors (Lipinski definition) is 4. The van der Waals surface area contributed by atoms with E-state index in [0.29, 0.717) is 17.6 Å². The molecule has 27 heavy (non-hydrogen) atoms. The van der Waals surface area contributed by atoms with Crippen molar-refractivity contribution in [3.8, 4) is 0 Å². The van der Waals surface area contributed by atoms with E-state index in [1.54, 1.807) is 0 Å². The van der Waals surface area contributed by atoms with E-state index in [9.17, 15) is 17.2 Å². The number of nitrogens with zero attached hydrogens (tertiary/aromatic N) is 2. The van der Waals surface area contributed by atoms with Crippen LogP contribution in [0.15, 0.2) is 47.4 Å². The normalized spacial score (nSPS) is 15.9. The van der Waals surface area contributed by atoms with Crippen LogP contribution in [0, 0.1) is 11.6 Å². The number of rotatable bonds is 6. The Morgan fingerprint density at radius 1 is 1.00 bits per heavy atom. The zero-order valence-corrected chi connectivity index (χ0v) is 16.1. The number of nitrogens with one attached hydrogen (secondary N) is 1. The molecule has 5 nitrogen and oxygen atoms in total. The Morgan fingerprint density at radius 2 is 1.67 bits per heavy atom. The van der Waals surface area contributed by atoms with E-state index < -0.39 is 26.6 Å². The molecule has 9 heteroatoms. The maximum atomic E-state index is 13.7. The zero-order chi connectivity index (χ0) is 19.4. The zero-order valence-electron chi connectivity index (χ0n) is 14.5. The van der Waals surface area contributed by atoms with Gasteiger partial charge in [0, 0.05) is 50.0 Å². The van der Waals surface area contributed by atoms with E-state index in [0.717, 1.165) is 44.0 Å². The molecule has 1 aliphatic rings. The first-order chi connectivity index (χ1) is 12.8. The van der Waals surface area contributed by atoms with Gasteiger partial charge < -0.3 is 4.90 Å². The van der Waals surface area contributed by atoms with Gasteiger partial charge in [-0.05, 0) is 42.5 Å². The average Bonchev–Trinajstić information content (AvgIpc) is 2.65. The standard InChI is InChI=1S/C18H20ClF2N3O2S/c19-14-1-4-16(5-2-14)24-11-9-23(10-12-24)8-7-22-27(25,26)18-13-15(20)3-6-17(18)21/h1-6,13,22H,7-12H2. The molecule has 0 radical (unpaired) electrons.